The van der Waals surface area contributed by atoms with Crippen LogP contribution >= 0.6 is 0 Å². The predicted octanol–water partition coefficient (Wildman–Crippen LogP) is 3.53. The van der Waals surface area contributed by atoms with Crippen molar-refractivity contribution in [2.45, 2.75) is 25.8 Å². The van der Waals surface area contributed by atoms with E-state index >= 15 is 0 Å². The summed E-state index contributed by atoms with van der Waals surface area (Å²) in [6.07, 6.45) is 1.87. The summed E-state index contributed by atoms with van der Waals surface area (Å²) in [6.45, 7) is 1.61. The van der Waals surface area contributed by atoms with Crippen LogP contribution in [0.5, 0.6) is 5.75 Å². The molecule has 0 saturated carbocycles. The minimum Gasteiger partial charge on any atom is -0.497 e. The Labute approximate surface area is 160 Å². The van der Waals surface area contributed by atoms with Crippen molar-refractivity contribution in [2.75, 3.05) is 26.1 Å². The number of hydrazine groups is 1. The van der Waals surface area contributed by atoms with Gasteiger partial charge in [0.25, 0.3) is 0 Å². The van der Waals surface area contributed by atoms with Crippen molar-refractivity contribution in [1.29, 1.82) is 0 Å². The van der Waals surface area contributed by atoms with E-state index in [9.17, 15) is 4.79 Å². The first kappa shape index (κ1) is 17.5. The summed E-state index contributed by atoms with van der Waals surface area (Å²) in [6, 6.07) is 14.6. The maximum absolute atomic E-state index is 12.4. The smallest absolute Gasteiger partial charge is 0.238 e. The van der Waals surface area contributed by atoms with Crippen LogP contribution in [0.15, 0.2) is 48.0 Å². The van der Waals surface area contributed by atoms with Gasteiger partial charge in [-0.1, -0.05) is 12.1 Å². The quantitative estimate of drug-likeness (QED) is 0.906. The number of anilines is 1. The molecule has 0 fully saturated rings. The maximum Gasteiger partial charge on any atom is 0.238 e. The first-order valence-corrected chi connectivity index (χ1v) is 9.23. The Kier molecular flexibility index (Phi) is 4.30. The van der Waals surface area contributed by atoms with Gasteiger partial charge < -0.3 is 9.64 Å². The molecule has 2 aromatic carbocycles. The van der Waals surface area contributed by atoms with Crippen molar-refractivity contribution < 1.29 is 9.53 Å². The van der Waals surface area contributed by atoms with Crippen molar-refractivity contribution in [3.63, 3.8) is 0 Å². The van der Waals surface area contributed by atoms with Crippen LogP contribution in [-0.2, 0) is 11.2 Å². The Bertz CT molecular complexity index is 916. The lowest BCUT2D eigenvalue weighted by atomic mass is 9.85. The highest BCUT2D eigenvalue weighted by atomic mass is 16.5. The number of benzene rings is 2. The molecule has 2 aromatic rings. The molecule has 1 atom stereocenters. The Morgan fingerprint density at radius 3 is 2.52 bits per heavy atom. The van der Waals surface area contributed by atoms with Gasteiger partial charge >= 0.3 is 0 Å². The number of nitrogens with zero attached hydrogens (tertiary/aromatic N) is 2. The van der Waals surface area contributed by atoms with Gasteiger partial charge in [-0.15, -0.1) is 0 Å². The van der Waals surface area contributed by atoms with Crippen LogP contribution in [0, 0.1) is 0 Å². The lowest BCUT2D eigenvalue weighted by Crippen LogP contribution is -2.38. The maximum atomic E-state index is 12.4. The molecule has 1 aliphatic heterocycles. The van der Waals surface area contributed by atoms with E-state index in [2.05, 4.69) is 46.7 Å². The highest BCUT2D eigenvalue weighted by Crippen LogP contribution is 2.44. The largest absolute Gasteiger partial charge is 0.497 e. The van der Waals surface area contributed by atoms with Gasteiger partial charge in [-0.05, 0) is 59.9 Å². The van der Waals surface area contributed by atoms with Gasteiger partial charge in [0, 0.05) is 32.3 Å². The van der Waals surface area contributed by atoms with Gasteiger partial charge in [0.05, 0.1) is 12.8 Å². The van der Waals surface area contributed by atoms with Crippen LogP contribution in [0.4, 0.5) is 5.69 Å². The third kappa shape index (κ3) is 2.93. The van der Waals surface area contributed by atoms with Crippen molar-refractivity contribution in [1.82, 2.24) is 10.4 Å². The van der Waals surface area contributed by atoms with Crippen molar-refractivity contribution in [3.05, 3.63) is 64.7 Å². The van der Waals surface area contributed by atoms with Gasteiger partial charge in [-0.2, -0.15) is 0 Å². The second kappa shape index (κ2) is 6.65. The molecule has 1 heterocycles. The van der Waals surface area contributed by atoms with E-state index in [4.69, 9.17) is 4.74 Å². The number of aryl methyl sites for hydroxylation is 1. The number of hydrogen-bond acceptors (Lipinski definition) is 4. The fraction of sp³-hybridized carbons (Fsp3) is 0.318. The molecule has 0 saturated heterocycles. The number of carbonyl (C=O) groups excluding carboxylic acids is 1. The topological polar surface area (TPSA) is 44.8 Å². The number of ether oxygens (including phenoxy) is 1. The third-order valence-corrected chi connectivity index (χ3v) is 5.45. The molecule has 1 unspecified atom stereocenters. The SMILES string of the molecule is COc1ccc2c(c1)CCC1=C2NN(C(C)=O)C1c1ccc(N(C)C)cc1. The molecule has 1 aliphatic carbocycles. The number of hydrogen-bond donors (Lipinski definition) is 1. The second-order valence-corrected chi connectivity index (χ2v) is 7.31. The molecule has 0 spiro atoms. The zero-order chi connectivity index (χ0) is 19.1. The Balaban J connectivity index is 1.77. The number of rotatable bonds is 3. The fourth-order valence-electron chi connectivity index (χ4n) is 4.03. The van der Waals surface area contributed by atoms with Crippen LogP contribution in [0.25, 0.3) is 5.70 Å². The minimum atomic E-state index is -0.0658. The third-order valence-electron chi connectivity index (χ3n) is 5.45. The molecular formula is C22H25N3O2. The molecule has 5 nitrogen and oxygen atoms in total. The van der Waals surface area contributed by atoms with Gasteiger partial charge in [0.2, 0.25) is 5.91 Å². The molecule has 2 aliphatic rings. The number of fused-ring (bicyclic) bond motifs is 2. The van der Waals surface area contributed by atoms with E-state index in [0.717, 1.165) is 41.1 Å². The van der Waals surface area contributed by atoms with Crippen LogP contribution in [-0.4, -0.2) is 32.1 Å². The fourth-order valence-corrected chi connectivity index (χ4v) is 4.03. The lowest BCUT2D eigenvalue weighted by Gasteiger charge is -2.26. The average Bonchev–Trinajstić information content (AvgIpc) is 3.07. The van der Waals surface area contributed by atoms with Gasteiger partial charge in [-0.25, -0.2) is 5.01 Å². The zero-order valence-corrected chi connectivity index (χ0v) is 16.2. The second-order valence-electron chi connectivity index (χ2n) is 7.31. The Morgan fingerprint density at radius 2 is 1.89 bits per heavy atom. The van der Waals surface area contributed by atoms with Crippen LogP contribution in [0.3, 0.4) is 0 Å². The highest BCUT2D eigenvalue weighted by Gasteiger charge is 2.38. The number of nitrogens with one attached hydrogen (secondary N) is 1. The van der Waals surface area contributed by atoms with Crippen LogP contribution in [0.1, 0.15) is 36.1 Å². The summed E-state index contributed by atoms with van der Waals surface area (Å²) in [4.78, 5) is 14.4. The molecular weight excluding hydrogens is 338 g/mol. The molecule has 140 valence electrons. The minimum absolute atomic E-state index is 0.0150. The Morgan fingerprint density at radius 1 is 1.15 bits per heavy atom. The van der Waals surface area contributed by atoms with Gasteiger partial charge in [0.1, 0.15) is 11.8 Å². The molecule has 1 amide bonds. The van der Waals surface area contributed by atoms with E-state index < -0.39 is 0 Å². The average molecular weight is 363 g/mol. The molecule has 4 rings (SSSR count). The molecule has 5 heteroatoms. The van der Waals surface area contributed by atoms with Crippen molar-refractivity contribution in [3.8, 4) is 5.75 Å². The monoisotopic (exact) mass is 363 g/mol. The molecule has 0 bridgehead atoms. The first-order chi connectivity index (χ1) is 13.0. The molecule has 1 N–H and O–H groups in total. The van der Waals surface area contributed by atoms with Gasteiger partial charge in [0.15, 0.2) is 0 Å². The zero-order valence-electron chi connectivity index (χ0n) is 16.2. The standard InChI is InChI=1S/C22H25N3O2/c1-14(26)25-22(15-5-8-17(9-6-15)24(2)3)20-11-7-16-13-18(27-4)10-12-19(16)21(20)23-25/h5-6,8-10,12-13,22-23H,7,11H2,1-4H3. The number of amides is 1. The lowest BCUT2D eigenvalue weighted by molar-refractivity contribution is -0.132. The summed E-state index contributed by atoms with van der Waals surface area (Å²) in [5, 5.41) is 1.76. The van der Waals surface area contributed by atoms with E-state index in [-0.39, 0.29) is 11.9 Å². The highest BCUT2D eigenvalue weighted by molar-refractivity contribution is 5.82. The van der Waals surface area contributed by atoms with Gasteiger partial charge in [-0.3, -0.25) is 10.2 Å². The van der Waals surface area contributed by atoms with E-state index in [1.165, 1.54) is 11.1 Å². The number of carbonyl (C=O) groups is 1. The molecule has 0 aromatic heterocycles. The van der Waals surface area contributed by atoms with E-state index in [1.54, 1.807) is 19.0 Å². The number of methoxy groups -OCH3 is 1. The summed E-state index contributed by atoms with van der Waals surface area (Å²) in [5.74, 6) is 0.885. The van der Waals surface area contributed by atoms with Crippen LogP contribution < -0.4 is 15.1 Å². The normalized spacial score (nSPS) is 17.9. The van der Waals surface area contributed by atoms with E-state index in [1.807, 2.05) is 20.2 Å². The summed E-state index contributed by atoms with van der Waals surface area (Å²) >= 11 is 0. The summed E-state index contributed by atoms with van der Waals surface area (Å²) in [7, 11) is 5.75. The Hall–Kier alpha value is -2.95. The van der Waals surface area contributed by atoms with Crippen LogP contribution in [0.2, 0.25) is 0 Å². The predicted molar refractivity (Wildman–Crippen MR) is 107 cm³/mol. The van der Waals surface area contributed by atoms with Crippen molar-refractivity contribution >= 4 is 17.3 Å². The summed E-state index contributed by atoms with van der Waals surface area (Å²) in [5.41, 5.74) is 10.4. The van der Waals surface area contributed by atoms with Crippen molar-refractivity contribution in [2.24, 2.45) is 0 Å². The van der Waals surface area contributed by atoms with E-state index in [0.29, 0.717) is 0 Å². The molecule has 27 heavy (non-hydrogen) atoms. The molecule has 0 radical (unpaired) electrons. The summed E-state index contributed by atoms with van der Waals surface area (Å²) < 4.78 is 5.37. The first-order valence-electron chi connectivity index (χ1n) is 9.23.